The van der Waals surface area contributed by atoms with E-state index in [4.69, 9.17) is 0 Å². The van der Waals surface area contributed by atoms with Crippen molar-refractivity contribution in [2.24, 2.45) is 0 Å². The van der Waals surface area contributed by atoms with Crippen molar-refractivity contribution in [1.29, 1.82) is 0 Å². The Balaban J connectivity index is 1.38. The number of halogens is 3. The Hall–Kier alpha value is -3.40. The number of aryl methyl sites for hydroxylation is 1. The first-order valence-corrected chi connectivity index (χ1v) is 10.9. The minimum absolute atomic E-state index is 0.0887. The van der Waals surface area contributed by atoms with Gasteiger partial charge in [-0.1, -0.05) is 18.2 Å². The summed E-state index contributed by atoms with van der Waals surface area (Å²) in [5.74, 6) is 1.25. The molecule has 10 heteroatoms. The zero-order valence-electron chi connectivity index (χ0n) is 18.1. The summed E-state index contributed by atoms with van der Waals surface area (Å²) in [7, 11) is 0. The topological polar surface area (TPSA) is 58.7 Å². The Labute approximate surface area is 187 Å². The molecule has 1 aliphatic rings. The molecule has 2 aromatic carbocycles. The number of hydrogen-bond donors (Lipinski definition) is 0. The second-order valence-corrected chi connectivity index (χ2v) is 8.13. The predicted molar refractivity (Wildman–Crippen MR) is 119 cm³/mol. The summed E-state index contributed by atoms with van der Waals surface area (Å²) in [4.78, 5) is 17.0. The first kappa shape index (κ1) is 21.4. The normalized spacial score (nSPS) is 15.6. The van der Waals surface area contributed by atoms with Crippen LogP contribution in [0.3, 0.4) is 0 Å². The van der Waals surface area contributed by atoms with Crippen molar-refractivity contribution >= 4 is 22.4 Å². The zero-order chi connectivity index (χ0) is 23.2. The third kappa shape index (κ3) is 3.84. The van der Waals surface area contributed by atoms with Crippen LogP contribution in [0.15, 0.2) is 53.3 Å². The number of nitrogens with zero attached hydrogens (tertiary/aromatic N) is 6. The second-order valence-electron chi connectivity index (χ2n) is 8.13. The predicted octanol–water partition coefficient (Wildman–Crippen LogP) is 3.41. The van der Waals surface area contributed by atoms with E-state index >= 15 is 0 Å². The van der Waals surface area contributed by atoms with Crippen LogP contribution in [-0.2, 0) is 19.3 Å². The number of alkyl halides is 3. The number of hydrogen-bond acceptors (Lipinski definition) is 5. The summed E-state index contributed by atoms with van der Waals surface area (Å²) in [6.07, 6.45) is -4.35. The molecule has 1 aliphatic heterocycles. The number of benzene rings is 2. The van der Waals surface area contributed by atoms with Crippen LogP contribution in [0, 0.1) is 0 Å². The summed E-state index contributed by atoms with van der Waals surface area (Å²) < 4.78 is 42.7. The van der Waals surface area contributed by atoms with E-state index in [9.17, 15) is 18.0 Å². The molecule has 0 atom stereocenters. The maximum atomic E-state index is 13.1. The molecule has 3 heterocycles. The average molecular weight is 456 g/mol. The van der Waals surface area contributed by atoms with E-state index in [1.807, 2.05) is 34.4 Å². The number of para-hydroxylation sites is 1. The molecule has 5 rings (SSSR count). The number of fused-ring (bicyclic) bond motifs is 3. The minimum Gasteiger partial charge on any atom is -0.369 e. The highest BCUT2D eigenvalue weighted by Crippen LogP contribution is 2.32. The van der Waals surface area contributed by atoms with E-state index in [0.717, 1.165) is 17.4 Å². The fourth-order valence-electron chi connectivity index (χ4n) is 4.44. The van der Waals surface area contributed by atoms with Gasteiger partial charge in [0.25, 0.3) is 5.56 Å². The van der Waals surface area contributed by atoms with Gasteiger partial charge in [-0.25, -0.2) is 0 Å². The van der Waals surface area contributed by atoms with E-state index in [0.29, 0.717) is 56.1 Å². The fourth-order valence-corrected chi connectivity index (χ4v) is 4.44. The van der Waals surface area contributed by atoms with Crippen molar-refractivity contribution < 1.29 is 13.2 Å². The molecule has 0 spiro atoms. The van der Waals surface area contributed by atoms with Gasteiger partial charge in [0.05, 0.1) is 23.0 Å². The Morgan fingerprint density at radius 1 is 0.970 bits per heavy atom. The number of rotatable bonds is 4. The van der Waals surface area contributed by atoms with Gasteiger partial charge in [0, 0.05) is 38.4 Å². The molecule has 0 unspecified atom stereocenters. The molecular weight excluding hydrogens is 433 g/mol. The van der Waals surface area contributed by atoms with Gasteiger partial charge >= 0.3 is 6.18 Å². The van der Waals surface area contributed by atoms with Crippen LogP contribution in [0.5, 0.6) is 0 Å². The van der Waals surface area contributed by atoms with E-state index in [1.54, 1.807) is 16.7 Å². The molecule has 1 saturated heterocycles. The van der Waals surface area contributed by atoms with Crippen molar-refractivity contribution in [2.45, 2.75) is 26.2 Å². The highest BCUT2D eigenvalue weighted by molar-refractivity contribution is 5.80. The fraction of sp³-hybridized carbons (Fsp3) is 0.348. The third-order valence-electron chi connectivity index (χ3n) is 6.17. The van der Waals surface area contributed by atoms with Gasteiger partial charge in [-0.3, -0.25) is 18.7 Å². The maximum absolute atomic E-state index is 13.1. The van der Waals surface area contributed by atoms with Crippen LogP contribution in [0.25, 0.3) is 16.7 Å². The van der Waals surface area contributed by atoms with Gasteiger partial charge in [0.1, 0.15) is 0 Å². The molecule has 4 aromatic rings. The Kier molecular flexibility index (Phi) is 5.32. The van der Waals surface area contributed by atoms with E-state index in [-0.39, 0.29) is 5.56 Å². The lowest BCUT2D eigenvalue weighted by Crippen LogP contribution is -2.46. The van der Waals surface area contributed by atoms with Crippen molar-refractivity contribution in [1.82, 2.24) is 24.1 Å². The number of piperazine rings is 1. The lowest BCUT2D eigenvalue weighted by atomic mass is 10.1. The maximum Gasteiger partial charge on any atom is 0.416 e. The summed E-state index contributed by atoms with van der Waals surface area (Å²) in [6, 6.07) is 12.9. The monoisotopic (exact) mass is 456 g/mol. The molecule has 33 heavy (non-hydrogen) atoms. The van der Waals surface area contributed by atoms with E-state index < -0.39 is 11.7 Å². The van der Waals surface area contributed by atoms with Gasteiger partial charge in [-0.05, 0) is 37.3 Å². The van der Waals surface area contributed by atoms with Crippen LogP contribution < -0.4 is 10.5 Å². The van der Waals surface area contributed by atoms with Crippen molar-refractivity contribution in [3.8, 4) is 0 Å². The number of aromatic nitrogens is 4. The quantitative estimate of drug-likeness (QED) is 0.471. The van der Waals surface area contributed by atoms with Crippen LogP contribution in [0.2, 0.25) is 0 Å². The summed E-state index contributed by atoms with van der Waals surface area (Å²) in [6.45, 7) is 5.49. The summed E-state index contributed by atoms with van der Waals surface area (Å²) in [5.41, 5.74) is 0.626. The smallest absolute Gasteiger partial charge is 0.369 e. The van der Waals surface area contributed by atoms with Gasteiger partial charge in [-0.15, -0.1) is 10.2 Å². The molecule has 0 aliphatic carbocycles. The highest BCUT2D eigenvalue weighted by Gasteiger charge is 2.31. The third-order valence-corrected chi connectivity index (χ3v) is 6.17. The molecule has 172 valence electrons. The first-order valence-electron chi connectivity index (χ1n) is 10.9. The summed E-state index contributed by atoms with van der Waals surface area (Å²) >= 11 is 0. The van der Waals surface area contributed by atoms with Gasteiger partial charge in [0.2, 0.25) is 5.78 Å². The Morgan fingerprint density at radius 3 is 2.45 bits per heavy atom. The summed E-state index contributed by atoms with van der Waals surface area (Å²) in [5, 5.41) is 9.28. The van der Waals surface area contributed by atoms with Gasteiger partial charge in [-0.2, -0.15) is 13.2 Å². The van der Waals surface area contributed by atoms with E-state index in [2.05, 4.69) is 15.1 Å². The molecule has 0 amide bonds. The van der Waals surface area contributed by atoms with Gasteiger partial charge in [0.15, 0.2) is 5.82 Å². The van der Waals surface area contributed by atoms with Gasteiger partial charge < -0.3 is 4.90 Å². The Morgan fingerprint density at radius 2 is 1.73 bits per heavy atom. The Bertz CT molecular complexity index is 1370. The van der Waals surface area contributed by atoms with Crippen LogP contribution in [0.1, 0.15) is 18.3 Å². The SMILES string of the molecule is CCn1c(=O)c2ccccc2n2c(CN3CCN(c4cccc(C(F)(F)F)c4)CC3)nnc12. The molecule has 1 fully saturated rings. The molecule has 0 bridgehead atoms. The van der Waals surface area contributed by atoms with Crippen LogP contribution >= 0.6 is 0 Å². The molecule has 7 nitrogen and oxygen atoms in total. The van der Waals surface area contributed by atoms with E-state index in [1.165, 1.54) is 12.1 Å². The van der Waals surface area contributed by atoms with Crippen molar-refractivity contribution in [2.75, 3.05) is 31.1 Å². The molecule has 0 saturated carbocycles. The minimum atomic E-state index is -4.35. The standard InChI is InChI=1S/C23H23F3N6O/c1-2-31-21(33)18-8-3-4-9-19(18)32-20(27-28-22(31)32)15-29-10-12-30(13-11-29)17-7-5-6-16(14-17)23(24,25)26/h3-9,14H,2,10-13,15H2,1H3. The van der Waals surface area contributed by atoms with Crippen molar-refractivity contribution in [3.05, 3.63) is 70.3 Å². The second kappa shape index (κ2) is 8.18. The molecule has 0 radical (unpaired) electrons. The molecule has 0 N–H and O–H groups in total. The highest BCUT2D eigenvalue weighted by atomic mass is 19.4. The van der Waals surface area contributed by atoms with Crippen LogP contribution in [-0.4, -0.2) is 50.2 Å². The van der Waals surface area contributed by atoms with Crippen molar-refractivity contribution in [3.63, 3.8) is 0 Å². The zero-order valence-corrected chi connectivity index (χ0v) is 18.1. The molecular formula is C23H23F3N6O. The lowest BCUT2D eigenvalue weighted by molar-refractivity contribution is -0.137. The first-order chi connectivity index (χ1) is 15.9. The average Bonchev–Trinajstić information content (AvgIpc) is 3.23. The largest absolute Gasteiger partial charge is 0.416 e. The number of anilines is 1. The lowest BCUT2D eigenvalue weighted by Gasteiger charge is -2.36. The van der Waals surface area contributed by atoms with Crippen LogP contribution in [0.4, 0.5) is 18.9 Å². The molecule has 2 aromatic heterocycles.